The first-order chi connectivity index (χ1) is 12.9. The molecule has 0 radical (unpaired) electrons. The number of nitrogens with zero attached hydrogens (tertiary/aromatic N) is 2. The van der Waals surface area contributed by atoms with Crippen LogP contribution >= 0.6 is 24.0 Å². The van der Waals surface area contributed by atoms with Crippen LogP contribution < -0.4 is 10.6 Å². The van der Waals surface area contributed by atoms with E-state index in [2.05, 4.69) is 48.2 Å². The van der Waals surface area contributed by atoms with Gasteiger partial charge in [0.1, 0.15) is 5.82 Å². The van der Waals surface area contributed by atoms with Crippen LogP contribution in [0, 0.1) is 5.82 Å². The molecule has 0 aliphatic rings. The minimum atomic E-state index is -0.241. The van der Waals surface area contributed by atoms with Gasteiger partial charge in [0.25, 0.3) is 0 Å². The Balaban J connectivity index is 0.00000729. The van der Waals surface area contributed by atoms with Gasteiger partial charge in [-0.1, -0.05) is 6.07 Å². The van der Waals surface area contributed by atoms with Crippen LogP contribution in [-0.2, 0) is 17.9 Å². The molecular formula is C21H38FIN4O. The summed E-state index contributed by atoms with van der Waals surface area (Å²) in [4.78, 5) is 7.11. The largest absolute Gasteiger partial charge is 0.380 e. The Morgan fingerprint density at radius 1 is 1.18 bits per heavy atom. The molecule has 0 saturated heterocycles. The number of guanidine groups is 1. The number of aliphatic imine (C=N–C) groups is 1. The highest BCUT2D eigenvalue weighted by molar-refractivity contribution is 14.0. The van der Waals surface area contributed by atoms with Crippen molar-refractivity contribution in [2.75, 3.05) is 26.7 Å². The van der Waals surface area contributed by atoms with Gasteiger partial charge in [-0.15, -0.1) is 24.0 Å². The third kappa shape index (κ3) is 10.0. The minimum absolute atomic E-state index is 0. The Labute approximate surface area is 187 Å². The molecule has 0 amide bonds. The van der Waals surface area contributed by atoms with Crippen LogP contribution in [0.2, 0.25) is 0 Å². The van der Waals surface area contributed by atoms with Crippen molar-refractivity contribution >= 4 is 29.9 Å². The normalized spacial score (nSPS) is 11.9. The summed E-state index contributed by atoms with van der Waals surface area (Å²) in [5.41, 5.74) is 1.53. The van der Waals surface area contributed by atoms with Gasteiger partial charge in [-0.05, 0) is 58.7 Å². The molecule has 0 aromatic heterocycles. The summed E-state index contributed by atoms with van der Waals surface area (Å²) in [6.45, 7) is 14.5. The van der Waals surface area contributed by atoms with Crippen LogP contribution in [-0.4, -0.2) is 49.7 Å². The second kappa shape index (κ2) is 15.0. The van der Waals surface area contributed by atoms with Gasteiger partial charge in [0.2, 0.25) is 0 Å². The summed E-state index contributed by atoms with van der Waals surface area (Å²) in [6, 6.07) is 6.16. The van der Waals surface area contributed by atoms with E-state index in [4.69, 9.17) is 4.74 Å². The number of nitrogens with one attached hydrogen (secondary N) is 2. The lowest BCUT2D eigenvalue weighted by molar-refractivity contribution is 0.173. The highest BCUT2D eigenvalue weighted by Gasteiger charge is 2.12. The molecule has 28 heavy (non-hydrogen) atoms. The van der Waals surface area contributed by atoms with E-state index >= 15 is 0 Å². The smallest absolute Gasteiger partial charge is 0.191 e. The van der Waals surface area contributed by atoms with E-state index < -0.39 is 0 Å². The molecule has 5 nitrogen and oxygen atoms in total. The lowest BCUT2D eigenvalue weighted by Gasteiger charge is -2.30. The zero-order valence-electron chi connectivity index (χ0n) is 18.2. The second-order valence-electron chi connectivity index (χ2n) is 7.26. The number of hydrogen-bond donors (Lipinski definition) is 2. The molecule has 0 saturated carbocycles. The summed E-state index contributed by atoms with van der Waals surface area (Å²) in [6.07, 6.45) is 1.05. The molecule has 0 heterocycles. The lowest BCUT2D eigenvalue weighted by atomic mass is 10.1. The molecule has 1 aromatic carbocycles. The van der Waals surface area contributed by atoms with Crippen molar-refractivity contribution in [1.29, 1.82) is 0 Å². The Bertz CT molecular complexity index is 574. The molecule has 0 aliphatic heterocycles. The summed E-state index contributed by atoms with van der Waals surface area (Å²) in [5, 5.41) is 6.65. The zero-order chi connectivity index (χ0) is 20.2. The van der Waals surface area contributed by atoms with Gasteiger partial charge >= 0.3 is 0 Å². The fourth-order valence-corrected chi connectivity index (χ4v) is 3.09. The van der Waals surface area contributed by atoms with E-state index in [1.54, 1.807) is 13.2 Å². The van der Waals surface area contributed by atoms with Gasteiger partial charge in [-0.2, -0.15) is 0 Å². The molecular weight excluding hydrogens is 470 g/mol. The van der Waals surface area contributed by atoms with E-state index in [-0.39, 0.29) is 36.4 Å². The third-order valence-corrected chi connectivity index (χ3v) is 4.39. The third-order valence-electron chi connectivity index (χ3n) is 4.39. The molecule has 0 unspecified atom stereocenters. The van der Waals surface area contributed by atoms with Crippen molar-refractivity contribution in [3.8, 4) is 0 Å². The molecule has 1 aromatic rings. The van der Waals surface area contributed by atoms with Gasteiger partial charge in [-0.25, -0.2) is 9.38 Å². The van der Waals surface area contributed by atoms with Gasteiger partial charge in [-0.3, -0.25) is 4.90 Å². The van der Waals surface area contributed by atoms with Crippen LogP contribution in [0.25, 0.3) is 0 Å². The van der Waals surface area contributed by atoms with E-state index in [0.29, 0.717) is 24.2 Å². The highest BCUT2D eigenvalue weighted by Crippen LogP contribution is 2.12. The maximum absolute atomic E-state index is 13.7. The first-order valence-electron chi connectivity index (χ1n) is 9.93. The lowest BCUT2D eigenvalue weighted by Crippen LogP contribution is -2.41. The fourth-order valence-electron chi connectivity index (χ4n) is 3.09. The van der Waals surface area contributed by atoms with Crippen molar-refractivity contribution < 1.29 is 9.13 Å². The standard InChI is InChI=1S/C21H37FN4O.HI/c1-7-23-21(24-11-8-12-26(16(2)3)17(4)5)25-14-18-9-10-20(22)19(13-18)15-27-6;/h9-10,13,16-17H,7-8,11-12,14-15H2,1-6H3,(H2,23,24,25);1H. The van der Waals surface area contributed by atoms with E-state index in [1.807, 2.05) is 13.0 Å². The average Bonchev–Trinajstić information content (AvgIpc) is 2.61. The van der Waals surface area contributed by atoms with Crippen molar-refractivity contribution in [3.05, 3.63) is 35.1 Å². The van der Waals surface area contributed by atoms with Crippen LogP contribution in [0.15, 0.2) is 23.2 Å². The van der Waals surface area contributed by atoms with Crippen LogP contribution in [0.1, 0.15) is 52.2 Å². The van der Waals surface area contributed by atoms with E-state index in [0.717, 1.165) is 37.6 Å². The summed E-state index contributed by atoms with van der Waals surface area (Å²) in [5.74, 6) is 0.547. The molecule has 0 bridgehead atoms. The Morgan fingerprint density at radius 2 is 1.86 bits per heavy atom. The van der Waals surface area contributed by atoms with Crippen LogP contribution in [0.3, 0.4) is 0 Å². The van der Waals surface area contributed by atoms with Gasteiger partial charge < -0.3 is 15.4 Å². The molecule has 0 aliphatic carbocycles. The molecule has 0 fully saturated rings. The molecule has 0 atom stereocenters. The number of benzene rings is 1. The maximum Gasteiger partial charge on any atom is 0.191 e. The predicted molar refractivity (Wildman–Crippen MR) is 127 cm³/mol. The van der Waals surface area contributed by atoms with Gasteiger partial charge in [0, 0.05) is 44.4 Å². The molecule has 0 spiro atoms. The number of methoxy groups -OCH3 is 1. The number of halogens is 2. The average molecular weight is 508 g/mol. The Hall–Kier alpha value is -0.930. The Morgan fingerprint density at radius 3 is 2.43 bits per heavy atom. The Kier molecular flexibility index (Phi) is 14.5. The SMILES string of the molecule is CCNC(=NCc1ccc(F)c(COC)c1)NCCCN(C(C)C)C(C)C.I. The van der Waals surface area contributed by atoms with Crippen LogP contribution in [0.5, 0.6) is 0 Å². The van der Waals surface area contributed by atoms with Gasteiger partial charge in [0.05, 0.1) is 13.2 Å². The number of hydrogen-bond acceptors (Lipinski definition) is 3. The maximum atomic E-state index is 13.7. The van der Waals surface area contributed by atoms with E-state index in [9.17, 15) is 4.39 Å². The molecule has 1 rings (SSSR count). The minimum Gasteiger partial charge on any atom is -0.380 e. The summed E-state index contributed by atoms with van der Waals surface area (Å²) >= 11 is 0. The monoisotopic (exact) mass is 508 g/mol. The fraction of sp³-hybridized carbons (Fsp3) is 0.667. The van der Waals surface area contributed by atoms with Crippen molar-refractivity contribution in [3.63, 3.8) is 0 Å². The highest BCUT2D eigenvalue weighted by atomic mass is 127. The summed E-state index contributed by atoms with van der Waals surface area (Å²) < 4.78 is 18.8. The first-order valence-corrected chi connectivity index (χ1v) is 9.93. The van der Waals surface area contributed by atoms with Crippen molar-refractivity contribution in [2.24, 2.45) is 4.99 Å². The van der Waals surface area contributed by atoms with Crippen molar-refractivity contribution in [1.82, 2.24) is 15.5 Å². The second-order valence-corrected chi connectivity index (χ2v) is 7.26. The molecule has 7 heteroatoms. The number of rotatable bonds is 11. The number of ether oxygens (including phenoxy) is 1. The predicted octanol–water partition coefficient (Wildman–Crippen LogP) is 4.15. The van der Waals surface area contributed by atoms with Gasteiger partial charge in [0.15, 0.2) is 5.96 Å². The summed E-state index contributed by atoms with van der Waals surface area (Å²) in [7, 11) is 1.57. The first kappa shape index (κ1) is 27.1. The van der Waals surface area contributed by atoms with Crippen molar-refractivity contribution in [2.45, 2.75) is 66.3 Å². The molecule has 2 N–H and O–H groups in total. The quantitative estimate of drug-likeness (QED) is 0.204. The van der Waals surface area contributed by atoms with E-state index in [1.165, 1.54) is 6.07 Å². The van der Waals surface area contributed by atoms with Crippen LogP contribution in [0.4, 0.5) is 4.39 Å². The topological polar surface area (TPSA) is 48.9 Å². The zero-order valence-corrected chi connectivity index (χ0v) is 20.5. The molecule has 162 valence electrons.